The van der Waals surface area contributed by atoms with Gasteiger partial charge >= 0.3 is 0 Å². The van der Waals surface area contributed by atoms with Crippen molar-refractivity contribution in [3.05, 3.63) is 60.2 Å². The summed E-state index contributed by atoms with van der Waals surface area (Å²) in [6.45, 7) is 1.65. The third kappa shape index (κ3) is 5.46. The lowest BCUT2D eigenvalue weighted by Gasteiger charge is -2.13. The summed E-state index contributed by atoms with van der Waals surface area (Å²) in [5, 5.41) is 15.5. The summed E-state index contributed by atoms with van der Waals surface area (Å²) in [6.07, 6.45) is 4.31. The van der Waals surface area contributed by atoms with Crippen LogP contribution in [0.15, 0.2) is 48.8 Å². The second-order valence-corrected chi connectivity index (χ2v) is 6.68. The molecule has 0 aliphatic heterocycles. The number of pyridine rings is 1. The standard InChI is InChI=1S/C21H22FN7/c1-29(2)12-4-9-25-21-27-19(15-7-10-24-11-8-15)13-20(28-21)26-18-6-3-5-17(22)16(18)14-23/h3,5-8,10-11,13H,4,9,12H2,1-2H3,(H2,25,26,27,28). The van der Waals surface area contributed by atoms with E-state index in [0.29, 0.717) is 29.7 Å². The van der Waals surface area contributed by atoms with Crippen LogP contribution in [0.5, 0.6) is 0 Å². The van der Waals surface area contributed by atoms with Crippen LogP contribution in [-0.2, 0) is 0 Å². The maximum Gasteiger partial charge on any atom is 0.225 e. The van der Waals surface area contributed by atoms with E-state index < -0.39 is 5.82 Å². The number of hydrogen-bond donors (Lipinski definition) is 2. The number of aromatic nitrogens is 3. The molecule has 2 N–H and O–H groups in total. The quantitative estimate of drug-likeness (QED) is 0.567. The van der Waals surface area contributed by atoms with E-state index in [1.54, 1.807) is 30.6 Å². The van der Waals surface area contributed by atoms with Gasteiger partial charge in [0.1, 0.15) is 23.3 Å². The molecule has 0 spiro atoms. The zero-order valence-corrected chi connectivity index (χ0v) is 16.4. The second kappa shape index (κ2) is 9.57. The fourth-order valence-corrected chi connectivity index (χ4v) is 2.74. The molecule has 3 aromatic rings. The summed E-state index contributed by atoms with van der Waals surface area (Å²) < 4.78 is 13.9. The van der Waals surface area contributed by atoms with E-state index in [1.165, 1.54) is 6.07 Å². The van der Waals surface area contributed by atoms with Crippen molar-refractivity contribution < 1.29 is 4.39 Å². The number of halogens is 1. The Morgan fingerprint density at radius 1 is 1.14 bits per heavy atom. The van der Waals surface area contributed by atoms with Crippen molar-refractivity contribution >= 4 is 17.5 Å². The number of hydrogen-bond acceptors (Lipinski definition) is 7. The minimum atomic E-state index is -0.581. The molecule has 3 rings (SSSR count). The Morgan fingerprint density at radius 3 is 2.66 bits per heavy atom. The first-order valence-corrected chi connectivity index (χ1v) is 9.20. The molecule has 148 valence electrons. The van der Waals surface area contributed by atoms with Crippen molar-refractivity contribution in [2.75, 3.05) is 37.8 Å². The summed E-state index contributed by atoms with van der Waals surface area (Å²) in [7, 11) is 4.04. The summed E-state index contributed by atoms with van der Waals surface area (Å²) in [5.41, 5.74) is 1.86. The fourth-order valence-electron chi connectivity index (χ4n) is 2.74. The van der Waals surface area contributed by atoms with Gasteiger partial charge in [-0.25, -0.2) is 9.37 Å². The zero-order chi connectivity index (χ0) is 20.6. The van der Waals surface area contributed by atoms with E-state index in [4.69, 9.17) is 0 Å². The highest BCUT2D eigenvalue weighted by molar-refractivity contribution is 5.70. The predicted molar refractivity (Wildman–Crippen MR) is 111 cm³/mol. The predicted octanol–water partition coefficient (Wildman–Crippen LogP) is 3.66. The van der Waals surface area contributed by atoms with Crippen LogP contribution in [0, 0.1) is 17.1 Å². The molecule has 8 heteroatoms. The van der Waals surface area contributed by atoms with Gasteiger partial charge in [-0.3, -0.25) is 4.98 Å². The van der Waals surface area contributed by atoms with Gasteiger partial charge < -0.3 is 15.5 Å². The number of nitrogens with one attached hydrogen (secondary N) is 2. The topological polar surface area (TPSA) is 89.8 Å². The Hall–Kier alpha value is -3.57. The smallest absolute Gasteiger partial charge is 0.225 e. The normalized spacial score (nSPS) is 10.6. The summed E-state index contributed by atoms with van der Waals surface area (Å²) in [4.78, 5) is 15.2. The van der Waals surface area contributed by atoms with Crippen molar-refractivity contribution in [2.24, 2.45) is 0 Å². The van der Waals surface area contributed by atoms with Gasteiger partial charge in [-0.1, -0.05) is 6.07 Å². The molecule has 0 atom stereocenters. The van der Waals surface area contributed by atoms with Gasteiger partial charge in [0.15, 0.2) is 0 Å². The Kier molecular flexibility index (Phi) is 6.66. The van der Waals surface area contributed by atoms with Crippen molar-refractivity contribution in [3.63, 3.8) is 0 Å². The van der Waals surface area contributed by atoms with Crippen LogP contribution >= 0.6 is 0 Å². The molecule has 2 aromatic heterocycles. The molecule has 0 amide bonds. The second-order valence-electron chi connectivity index (χ2n) is 6.68. The summed E-state index contributed by atoms with van der Waals surface area (Å²) >= 11 is 0. The van der Waals surface area contributed by atoms with Crippen LogP contribution < -0.4 is 10.6 Å². The number of benzene rings is 1. The molecule has 0 saturated heterocycles. The first-order chi connectivity index (χ1) is 14.1. The molecule has 0 radical (unpaired) electrons. The molecule has 0 bridgehead atoms. The van der Waals surface area contributed by atoms with E-state index in [0.717, 1.165) is 18.5 Å². The van der Waals surface area contributed by atoms with Crippen LogP contribution in [0.2, 0.25) is 0 Å². The lowest BCUT2D eigenvalue weighted by molar-refractivity contribution is 0.405. The Labute approximate surface area is 169 Å². The zero-order valence-electron chi connectivity index (χ0n) is 16.4. The monoisotopic (exact) mass is 391 g/mol. The van der Waals surface area contributed by atoms with Crippen LogP contribution in [0.1, 0.15) is 12.0 Å². The molecule has 7 nitrogen and oxygen atoms in total. The number of nitrogens with zero attached hydrogens (tertiary/aromatic N) is 5. The maximum atomic E-state index is 13.9. The molecule has 0 aliphatic rings. The summed E-state index contributed by atoms with van der Waals surface area (Å²) in [5.74, 6) is 0.336. The molecule has 2 heterocycles. The van der Waals surface area contributed by atoms with Gasteiger partial charge in [0.25, 0.3) is 0 Å². The fraction of sp³-hybridized carbons (Fsp3) is 0.238. The van der Waals surface area contributed by atoms with Gasteiger partial charge in [0, 0.05) is 30.6 Å². The van der Waals surface area contributed by atoms with E-state index in [9.17, 15) is 9.65 Å². The highest BCUT2D eigenvalue weighted by Gasteiger charge is 2.11. The van der Waals surface area contributed by atoms with Gasteiger partial charge in [-0.05, 0) is 51.3 Å². The number of rotatable bonds is 8. The molecule has 0 unspecified atom stereocenters. The molecule has 0 saturated carbocycles. The minimum absolute atomic E-state index is 0.0583. The number of anilines is 3. The van der Waals surface area contributed by atoms with Crippen molar-refractivity contribution in [1.82, 2.24) is 19.9 Å². The number of nitriles is 1. The highest BCUT2D eigenvalue weighted by Crippen LogP contribution is 2.25. The van der Waals surface area contributed by atoms with Crippen molar-refractivity contribution in [3.8, 4) is 17.3 Å². The molecular weight excluding hydrogens is 369 g/mol. The molecule has 0 fully saturated rings. The summed E-state index contributed by atoms with van der Waals surface area (Å²) in [6, 6.07) is 11.8. The molecule has 29 heavy (non-hydrogen) atoms. The molecule has 1 aromatic carbocycles. The van der Waals surface area contributed by atoms with Gasteiger partial charge in [-0.2, -0.15) is 10.2 Å². The highest BCUT2D eigenvalue weighted by atomic mass is 19.1. The SMILES string of the molecule is CN(C)CCCNc1nc(Nc2cccc(F)c2C#N)cc(-c2ccncc2)n1. The lowest BCUT2D eigenvalue weighted by Crippen LogP contribution is -2.17. The Morgan fingerprint density at radius 2 is 1.93 bits per heavy atom. The Bertz CT molecular complexity index is 1000. The van der Waals surface area contributed by atoms with Crippen molar-refractivity contribution in [2.45, 2.75) is 6.42 Å². The first kappa shape index (κ1) is 20.2. The van der Waals surface area contributed by atoms with E-state index in [1.807, 2.05) is 32.3 Å². The van der Waals surface area contributed by atoms with Gasteiger partial charge in [-0.15, -0.1) is 0 Å². The van der Waals surface area contributed by atoms with Crippen LogP contribution in [0.4, 0.5) is 21.8 Å². The molecule has 0 aliphatic carbocycles. The van der Waals surface area contributed by atoms with E-state index in [2.05, 4.69) is 30.5 Å². The van der Waals surface area contributed by atoms with Crippen LogP contribution in [-0.4, -0.2) is 47.0 Å². The third-order valence-electron chi connectivity index (χ3n) is 4.16. The van der Waals surface area contributed by atoms with Crippen LogP contribution in [0.25, 0.3) is 11.3 Å². The first-order valence-electron chi connectivity index (χ1n) is 9.20. The minimum Gasteiger partial charge on any atom is -0.354 e. The largest absolute Gasteiger partial charge is 0.354 e. The Balaban J connectivity index is 1.90. The third-order valence-corrected chi connectivity index (χ3v) is 4.16. The average Bonchev–Trinajstić information content (AvgIpc) is 2.72. The van der Waals surface area contributed by atoms with E-state index in [-0.39, 0.29) is 5.56 Å². The van der Waals surface area contributed by atoms with Crippen LogP contribution in [0.3, 0.4) is 0 Å². The van der Waals surface area contributed by atoms with Gasteiger partial charge in [0.05, 0.1) is 11.4 Å². The van der Waals surface area contributed by atoms with Gasteiger partial charge in [0.2, 0.25) is 5.95 Å². The maximum absolute atomic E-state index is 13.9. The van der Waals surface area contributed by atoms with E-state index >= 15 is 0 Å². The average molecular weight is 391 g/mol. The lowest BCUT2D eigenvalue weighted by atomic mass is 10.1. The molecular formula is C21H22FN7. The van der Waals surface area contributed by atoms with Crippen molar-refractivity contribution in [1.29, 1.82) is 5.26 Å².